The molecule has 0 aromatic carbocycles. The van der Waals surface area contributed by atoms with Crippen molar-refractivity contribution in [3.8, 4) is 0 Å². The zero-order valence-electron chi connectivity index (χ0n) is 13.8. The molecule has 21 heavy (non-hydrogen) atoms. The molecule has 0 spiro atoms. The highest BCUT2D eigenvalue weighted by Gasteiger charge is 2.59. The van der Waals surface area contributed by atoms with Gasteiger partial charge in [0.2, 0.25) is 0 Å². The van der Waals surface area contributed by atoms with Crippen LogP contribution in [0.1, 0.15) is 40.5 Å². The SMILES string of the molecule is COC(=O)[C@H](C)[C@@H](OC)C1(C(C)(C)C)CCCN1C(=O)O. The number of hydrogen-bond donors (Lipinski definition) is 1. The molecule has 0 radical (unpaired) electrons. The van der Waals surface area contributed by atoms with Crippen molar-refractivity contribution in [1.29, 1.82) is 0 Å². The molecular weight excluding hydrogens is 274 g/mol. The molecule has 1 aliphatic rings. The molecule has 1 fully saturated rings. The Morgan fingerprint density at radius 1 is 1.29 bits per heavy atom. The minimum atomic E-state index is -0.971. The lowest BCUT2D eigenvalue weighted by atomic mass is 9.65. The van der Waals surface area contributed by atoms with Crippen molar-refractivity contribution >= 4 is 12.1 Å². The van der Waals surface area contributed by atoms with Crippen molar-refractivity contribution in [3.05, 3.63) is 0 Å². The summed E-state index contributed by atoms with van der Waals surface area (Å²) in [4.78, 5) is 25.1. The second-order valence-corrected chi connectivity index (χ2v) is 6.68. The van der Waals surface area contributed by atoms with Crippen LogP contribution in [0, 0.1) is 11.3 Å². The monoisotopic (exact) mass is 301 g/mol. The van der Waals surface area contributed by atoms with Gasteiger partial charge in [-0.15, -0.1) is 0 Å². The molecule has 0 aromatic rings. The third-order valence-corrected chi connectivity index (χ3v) is 4.70. The molecule has 3 atom stereocenters. The van der Waals surface area contributed by atoms with Gasteiger partial charge in [0.05, 0.1) is 24.7 Å². The second-order valence-electron chi connectivity index (χ2n) is 6.68. The summed E-state index contributed by atoms with van der Waals surface area (Å²) in [6, 6.07) is 0. The number of esters is 1. The van der Waals surface area contributed by atoms with Crippen LogP contribution in [-0.2, 0) is 14.3 Å². The maximum absolute atomic E-state index is 11.9. The van der Waals surface area contributed by atoms with Crippen LogP contribution in [0.25, 0.3) is 0 Å². The second kappa shape index (κ2) is 6.22. The van der Waals surface area contributed by atoms with Gasteiger partial charge in [0.1, 0.15) is 0 Å². The third kappa shape index (κ3) is 2.86. The van der Waals surface area contributed by atoms with Gasteiger partial charge in [0.15, 0.2) is 0 Å². The van der Waals surface area contributed by atoms with E-state index in [0.29, 0.717) is 13.0 Å². The number of carbonyl (C=O) groups is 2. The van der Waals surface area contributed by atoms with Gasteiger partial charge in [-0.2, -0.15) is 0 Å². The highest BCUT2D eigenvalue weighted by Crippen LogP contribution is 2.48. The molecule has 1 saturated heterocycles. The number of hydrogen-bond acceptors (Lipinski definition) is 4. The normalized spacial score (nSPS) is 25.5. The summed E-state index contributed by atoms with van der Waals surface area (Å²) in [6.07, 6.45) is -0.0925. The van der Waals surface area contributed by atoms with E-state index in [1.54, 1.807) is 6.92 Å². The van der Waals surface area contributed by atoms with Gasteiger partial charge >= 0.3 is 12.1 Å². The van der Waals surface area contributed by atoms with E-state index in [0.717, 1.165) is 6.42 Å². The fourth-order valence-corrected chi connectivity index (χ4v) is 3.73. The van der Waals surface area contributed by atoms with E-state index in [9.17, 15) is 14.7 Å². The summed E-state index contributed by atoms with van der Waals surface area (Å²) >= 11 is 0. The minimum absolute atomic E-state index is 0.370. The number of methoxy groups -OCH3 is 2. The van der Waals surface area contributed by atoms with Gasteiger partial charge in [0, 0.05) is 13.7 Å². The molecule has 0 aromatic heterocycles. The Kier molecular flexibility index (Phi) is 5.25. The smallest absolute Gasteiger partial charge is 0.407 e. The molecule has 1 amide bonds. The van der Waals surface area contributed by atoms with Crippen molar-refractivity contribution in [2.24, 2.45) is 11.3 Å². The first-order valence-corrected chi connectivity index (χ1v) is 7.24. The predicted molar refractivity (Wildman–Crippen MR) is 78.1 cm³/mol. The maximum atomic E-state index is 11.9. The highest BCUT2D eigenvalue weighted by atomic mass is 16.5. The van der Waals surface area contributed by atoms with E-state index in [4.69, 9.17) is 9.47 Å². The zero-order valence-corrected chi connectivity index (χ0v) is 13.8. The third-order valence-electron chi connectivity index (χ3n) is 4.70. The summed E-state index contributed by atoms with van der Waals surface area (Å²) < 4.78 is 10.4. The van der Waals surface area contributed by atoms with Gasteiger partial charge in [-0.05, 0) is 25.2 Å². The van der Waals surface area contributed by atoms with Crippen molar-refractivity contribution in [2.45, 2.75) is 52.2 Å². The summed E-state index contributed by atoms with van der Waals surface area (Å²) in [5.41, 5.74) is -1.12. The van der Waals surface area contributed by atoms with Gasteiger partial charge in [0.25, 0.3) is 0 Å². The number of ether oxygens (including phenoxy) is 2. The maximum Gasteiger partial charge on any atom is 0.407 e. The van der Waals surface area contributed by atoms with E-state index >= 15 is 0 Å². The molecular formula is C15H27NO5. The van der Waals surface area contributed by atoms with E-state index in [1.165, 1.54) is 19.1 Å². The Morgan fingerprint density at radius 3 is 2.24 bits per heavy atom. The molecule has 0 bridgehead atoms. The Labute approximate surface area is 126 Å². The van der Waals surface area contributed by atoms with Crippen LogP contribution in [-0.4, -0.2) is 54.5 Å². The first-order valence-electron chi connectivity index (χ1n) is 7.24. The fraction of sp³-hybridized carbons (Fsp3) is 0.867. The number of carboxylic acid groups (broad SMARTS) is 1. The number of rotatable bonds is 4. The molecule has 1 aliphatic heterocycles. The number of carbonyl (C=O) groups excluding carboxylic acids is 1. The van der Waals surface area contributed by atoms with Crippen LogP contribution in [0.15, 0.2) is 0 Å². The summed E-state index contributed by atoms with van der Waals surface area (Å²) in [7, 11) is 2.86. The Hall–Kier alpha value is -1.30. The van der Waals surface area contributed by atoms with Crippen molar-refractivity contribution in [2.75, 3.05) is 20.8 Å². The van der Waals surface area contributed by atoms with E-state index in [1.807, 2.05) is 20.8 Å². The van der Waals surface area contributed by atoms with Crippen LogP contribution in [0.5, 0.6) is 0 Å². The quantitative estimate of drug-likeness (QED) is 0.807. The van der Waals surface area contributed by atoms with Crippen LogP contribution in [0.3, 0.4) is 0 Å². The summed E-state index contributed by atoms with van der Waals surface area (Å²) in [5, 5.41) is 9.59. The van der Waals surface area contributed by atoms with Crippen molar-refractivity contribution in [1.82, 2.24) is 4.90 Å². The van der Waals surface area contributed by atoms with Crippen LogP contribution < -0.4 is 0 Å². The highest BCUT2D eigenvalue weighted by molar-refractivity contribution is 5.73. The van der Waals surface area contributed by atoms with Gasteiger partial charge in [-0.1, -0.05) is 20.8 Å². The van der Waals surface area contributed by atoms with Gasteiger partial charge in [-0.25, -0.2) is 4.79 Å². The van der Waals surface area contributed by atoms with Crippen molar-refractivity contribution in [3.63, 3.8) is 0 Å². The summed E-state index contributed by atoms with van der Waals surface area (Å²) in [5.74, 6) is -0.929. The molecule has 122 valence electrons. The van der Waals surface area contributed by atoms with E-state index in [-0.39, 0.29) is 11.4 Å². The molecule has 1 rings (SSSR count). The summed E-state index contributed by atoms with van der Waals surface area (Å²) in [6.45, 7) is 8.16. The average Bonchev–Trinajstić information content (AvgIpc) is 2.84. The van der Waals surface area contributed by atoms with Crippen molar-refractivity contribution < 1.29 is 24.2 Å². The zero-order chi connectivity index (χ0) is 16.4. The molecule has 1 heterocycles. The Bertz CT molecular complexity index is 403. The molecule has 0 saturated carbocycles. The first-order chi connectivity index (χ1) is 9.63. The lowest BCUT2D eigenvalue weighted by molar-refractivity contribution is -0.160. The number of amides is 1. The first kappa shape index (κ1) is 17.8. The number of likely N-dealkylation sites (tertiary alicyclic amines) is 1. The van der Waals surface area contributed by atoms with E-state index < -0.39 is 23.7 Å². The lowest BCUT2D eigenvalue weighted by Crippen LogP contribution is -2.65. The van der Waals surface area contributed by atoms with Crippen LogP contribution in [0.4, 0.5) is 4.79 Å². The lowest BCUT2D eigenvalue weighted by Gasteiger charge is -2.52. The molecule has 1 unspecified atom stereocenters. The standard InChI is InChI=1S/C15H27NO5/c1-10(12(17)21-6)11(20-5)15(14(2,3)4)8-7-9-16(15)13(18)19/h10-11H,7-9H2,1-6H3,(H,18,19)/t10-,11-,15?/m1/s1. The Balaban J connectivity index is 3.36. The molecule has 1 N–H and O–H groups in total. The van der Waals surface area contributed by atoms with Gasteiger partial charge in [-0.3, -0.25) is 9.69 Å². The fourth-order valence-electron chi connectivity index (χ4n) is 3.73. The average molecular weight is 301 g/mol. The topological polar surface area (TPSA) is 76.1 Å². The van der Waals surface area contributed by atoms with E-state index in [2.05, 4.69) is 0 Å². The Morgan fingerprint density at radius 2 is 1.86 bits per heavy atom. The van der Waals surface area contributed by atoms with Crippen LogP contribution >= 0.6 is 0 Å². The van der Waals surface area contributed by atoms with Gasteiger partial charge < -0.3 is 14.6 Å². The molecule has 6 nitrogen and oxygen atoms in total. The minimum Gasteiger partial charge on any atom is -0.469 e. The van der Waals surface area contributed by atoms with Crippen LogP contribution in [0.2, 0.25) is 0 Å². The molecule has 6 heteroatoms. The number of nitrogens with zero attached hydrogens (tertiary/aromatic N) is 1. The largest absolute Gasteiger partial charge is 0.469 e. The predicted octanol–water partition coefficient (Wildman–Crippen LogP) is 2.37. The molecule has 0 aliphatic carbocycles.